The molecule has 0 aliphatic heterocycles. The minimum absolute atomic E-state index is 0.0727. The van der Waals surface area contributed by atoms with E-state index in [1.165, 1.54) is 135 Å². The maximum atomic E-state index is 13.0. The van der Waals surface area contributed by atoms with Gasteiger partial charge in [-0.2, -0.15) is 0 Å². The van der Waals surface area contributed by atoms with Gasteiger partial charge >= 0.3 is 27.4 Å². The predicted molar refractivity (Wildman–Crippen MR) is 245 cm³/mol. The van der Waals surface area contributed by atoms with Gasteiger partial charge in [-0.25, -0.2) is 4.57 Å². The third kappa shape index (κ3) is 31.6. The van der Waals surface area contributed by atoms with Crippen LogP contribution >= 0.6 is 15.4 Å². The van der Waals surface area contributed by atoms with Crippen molar-refractivity contribution in [2.45, 2.75) is 262 Å². The molecule has 1 aliphatic carbocycles. The number of ether oxygens (including phenoxy) is 2. The van der Waals surface area contributed by atoms with Gasteiger partial charge in [-0.05, 0) is 12.8 Å². The van der Waals surface area contributed by atoms with Gasteiger partial charge < -0.3 is 39.7 Å². The number of rotatable bonds is 42. The fourth-order valence-corrected chi connectivity index (χ4v) is 9.59. The van der Waals surface area contributed by atoms with Gasteiger partial charge in [0.1, 0.15) is 43.2 Å². The minimum atomic E-state index is -5.24. The maximum Gasteiger partial charge on any atom is 0.472 e. The Morgan fingerprint density at radius 2 is 0.794 bits per heavy atom. The quantitative estimate of drug-likeness (QED) is 0.0190. The molecule has 17 heteroatoms. The molecule has 0 spiro atoms. The number of aliphatic hydroxyl groups excluding tert-OH is 4. The first-order valence-electron chi connectivity index (χ1n) is 24.8. The molecule has 0 aromatic carbocycles. The van der Waals surface area contributed by atoms with Crippen molar-refractivity contribution >= 4 is 27.4 Å². The highest BCUT2D eigenvalue weighted by Crippen LogP contribution is 2.49. The highest BCUT2D eigenvalue weighted by Gasteiger charge is 2.53. The number of carbonyl (C=O) groups is 2. The molecule has 0 heterocycles. The molecular weight excluding hydrogens is 854 g/mol. The summed E-state index contributed by atoms with van der Waals surface area (Å²) in [5.74, 6) is -1.14. The fourth-order valence-electron chi connectivity index (χ4n) is 7.92. The zero-order chi connectivity index (χ0) is 46.8. The highest BCUT2D eigenvalue weighted by molar-refractivity contribution is 7.51. The van der Waals surface area contributed by atoms with Gasteiger partial charge in [0.2, 0.25) is 0 Å². The van der Waals surface area contributed by atoms with Crippen LogP contribution < -0.4 is 0 Å². The second-order valence-corrected chi connectivity index (χ2v) is 21.1. The second-order valence-electron chi connectivity index (χ2n) is 17.9. The summed E-state index contributed by atoms with van der Waals surface area (Å²) in [7, 11) is -9.59. The lowest BCUT2D eigenvalue weighted by atomic mass is 9.85. The van der Waals surface area contributed by atoms with Crippen LogP contribution in [0.25, 0.3) is 0 Å². The minimum Gasteiger partial charge on any atom is -0.462 e. The van der Waals surface area contributed by atoms with E-state index < -0.39 is 83.3 Å². The van der Waals surface area contributed by atoms with Crippen molar-refractivity contribution in [2.75, 3.05) is 19.9 Å². The van der Waals surface area contributed by atoms with Gasteiger partial charge in [-0.3, -0.25) is 27.7 Å². The smallest absolute Gasteiger partial charge is 0.462 e. The Bertz CT molecular complexity index is 1240. The Morgan fingerprint density at radius 3 is 1.16 bits per heavy atom. The fraction of sp³-hybridized carbons (Fsp3) is 0.957. The summed E-state index contributed by atoms with van der Waals surface area (Å²) in [6.07, 6.45) is 21.8. The van der Waals surface area contributed by atoms with E-state index in [9.17, 15) is 48.9 Å². The third-order valence-electron chi connectivity index (χ3n) is 11.7. The number of unbranched alkanes of at least 4 members (excludes halogenated alkanes) is 28. The van der Waals surface area contributed by atoms with Crippen LogP contribution in [0.5, 0.6) is 0 Å². The summed E-state index contributed by atoms with van der Waals surface area (Å²) in [4.78, 5) is 45.6. The van der Waals surface area contributed by atoms with Gasteiger partial charge in [-0.1, -0.05) is 194 Å². The molecule has 1 fully saturated rings. The van der Waals surface area contributed by atoms with Crippen LogP contribution in [0.2, 0.25) is 0 Å². The monoisotopic (exact) mass is 945 g/mol. The molecule has 1 aliphatic rings. The van der Waals surface area contributed by atoms with Gasteiger partial charge in [0.25, 0.3) is 0 Å². The molecule has 0 aromatic heterocycles. The van der Waals surface area contributed by atoms with Gasteiger partial charge in [-0.15, -0.1) is 0 Å². The number of aliphatic hydroxyl groups is 4. The van der Waals surface area contributed by atoms with Crippen molar-refractivity contribution in [3.8, 4) is 0 Å². The van der Waals surface area contributed by atoms with E-state index >= 15 is 0 Å². The van der Waals surface area contributed by atoms with Crippen molar-refractivity contribution in [3.63, 3.8) is 0 Å². The molecule has 0 saturated heterocycles. The first-order valence-corrected chi connectivity index (χ1v) is 28.4. The number of esters is 2. The van der Waals surface area contributed by atoms with E-state index in [4.69, 9.17) is 23.0 Å². The topological polar surface area (TPSA) is 236 Å². The van der Waals surface area contributed by atoms with E-state index in [0.29, 0.717) is 12.8 Å². The summed E-state index contributed by atoms with van der Waals surface area (Å²) in [6.45, 7) is 3.97. The molecule has 15 nitrogen and oxygen atoms in total. The SMILES string of the molecule is CCCCCCCCCCCCCCCCCC(=O)OC[C@H](COP(=O)(O)O[C@@H]1[C@H](O)[C@H](OP(C)(=O)O)[C@@H](O)[C@H](O)[C@H]1O)OC(=O)CCCCCCCCCCCCCCCCC. The number of carbonyl (C=O) groups excluding carboxylic acids is 2. The van der Waals surface area contributed by atoms with Crippen molar-refractivity contribution < 1.29 is 72.0 Å². The Hall–Kier alpha value is -0.960. The van der Waals surface area contributed by atoms with Gasteiger partial charge in [0.15, 0.2) is 6.10 Å². The van der Waals surface area contributed by atoms with E-state index in [-0.39, 0.29) is 12.8 Å². The van der Waals surface area contributed by atoms with E-state index in [2.05, 4.69) is 13.8 Å². The molecule has 0 amide bonds. The summed E-state index contributed by atoms with van der Waals surface area (Å²) in [5.41, 5.74) is 0. The van der Waals surface area contributed by atoms with E-state index in [1.54, 1.807) is 0 Å². The molecule has 2 unspecified atom stereocenters. The first-order chi connectivity index (χ1) is 30.1. The third-order valence-corrected chi connectivity index (χ3v) is 13.4. The number of hydrogen-bond donors (Lipinski definition) is 6. The van der Waals surface area contributed by atoms with Crippen LogP contribution in [0.1, 0.15) is 219 Å². The molecule has 9 atom stereocenters. The second kappa shape index (κ2) is 37.1. The summed E-state index contributed by atoms with van der Waals surface area (Å²) < 4.78 is 50.5. The summed E-state index contributed by atoms with van der Waals surface area (Å²) in [5, 5.41) is 41.6. The van der Waals surface area contributed by atoms with E-state index in [1.807, 2.05) is 0 Å². The van der Waals surface area contributed by atoms with Crippen molar-refractivity contribution in [2.24, 2.45) is 0 Å². The molecule has 1 rings (SSSR count). The van der Waals surface area contributed by atoms with Crippen molar-refractivity contribution in [1.82, 2.24) is 0 Å². The molecular formula is C46H90O15P2. The Labute approximate surface area is 380 Å². The van der Waals surface area contributed by atoms with Crippen molar-refractivity contribution in [3.05, 3.63) is 0 Å². The standard InChI is InChI=1S/C46H90O15P2/c1-4-6-8-10-12-14-16-18-20-22-24-26-28-30-32-34-39(47)57-36-38(59-40(48)35-33-31-29-27-25-23-21-19-17-15-13-11-9-7-5-2)37-58-63(55,56)61-46-43(51)41(49)42(50)45(44(46)52)60-62(3,53)54/h38,41-46,49-52H,4-37H2,1-3H3,(H,53,54)(H,55,56)/t38-,41+,42+,43-,44-,45-,46+/m1/s1. The summed E-state index contributed by atoms with van der Waals surface area (Å²) in [6, 6.07) is 0. The lowest BCUT2D eigenvalue weighted by molar-refractivity contribution is -0.215. The largest absolute Gasteiger partial charge is 0.472 e. The average Bonchev–Trinajstić information content (AvgIpc) is 3.23. The lowest BCUT2D eigenvalue weighted by Crippen LogP contribution is -2.64. The maximum absolute atomic E-state index is 13.0. The zero-order valence-electron chi connectivity index (χ0n) is 39.3. The van der Waals surface area contributed by atoms with Crippen LogP contribution in [-0.2, 0) is 41.8 Å². The number of hydrogen-bond acceptors (Lipinski definition) is 13. The van der Waals surface area contributed by atoms with Gasteiger partial charge in [0.05, 0.1) is 6.61 Å². The average molecular weight is 945 g/mol. The van der Waals surface area contributed by atoms with Crippen LogP contribution in [-0.4, -0.2) is 105 Å². The van der Waals surface area contributed by atoms with Gasteiger partial charge in [0, 0.05) is 19.5 Å². The van der Waals surface area contributed by atoms with E-state index in [0.717, 1.165) is 51.6 Å². The van der Waals surface area contributed by atoms with Crippen LogP contribution in [0.3, 0.4) is 0 Å². The Balaban J connectivity index is 2.56. The highest BCUT2D eigenvalue weighted by atomic mass is 31.2. The van der Waals surface area contributed by atoms with Crippen LogP contribution in [0.15, 0.2) is 0 Å². The Morgan fingerprint density at radius 1 is 0.460 bits per heavy atom. The number of phosphoric ester groups is 1. The van der Waals surface area contributed by atoms with Crippen LogP contribution in [0, 0.1) is 0 Å². The molecule has 6 N–H and O–H groups in total. The number of phosphoric acid groups is 1. The predicted octanol–water partition coefficient (Wildman–Crippen LogP) is 10.1. The molecule has 1 saturated carbocycles. The van der Waals surface area contributed by atoms with Crippen molar-refractivity contribution in [1.29, 1.82) is 0 Å². The molecule has 374 valence electrons. The molecule has 0 aromatic rings. The molecule has 0 radical (unpaired) electrons. The zero-order valence-corrected chi connectivity index (χ0v) is 41.1. The summed E-state index contributed by atoms with van der Waals surface area (Å²) >= 11 is 0. The van der Waals surface area contributed by atoms with Crippen LogP contribution in [0.4, 0.5) is 0 Å². The normalized spacial score (nSPS) is 22.6. The molecule has 63 heavy (non-hydrogen) atoms. The first kappa shape index (κ1) is 60.1. The lowest BCUT2D eigenvalue weighted by Gasteiger charge is -2.43. The molecule has 0 bridgehead atoms. The Kier molecular flexibility index (Phi) is 35.3.